The van der Waals surface area contributed by atoms with Gasteiger partial charge in [-0.1, -0.05) is 48.9 Å². The third kappa shape index (κ3) is 6.05. The lowest BCUT2D eigenvalue weighted by molar-refractivity contribution is 0.962. The number of hydrogen-bond acceptors (Lipinski definition) is 1. The van der Waals surface area contributed by atoms with Crippen LogP contribution >= 0.6 is 24.0 Å². The molecule has 22 heavy (non-hydrogen) atoms. The standard InChI is InChI=1S/C18H23N3.HI/c1-3-15-7-9-17(10-8-15)21-18(19)20-12-11-16-6-4-5-14(2)13-16;/h4-10,13H,3,11-12H2,1-2H3,(H3,19,20,21);1H. The Morgan fingerprint density at radius 1 is 1.09 bits per heavy atom. The number of nitrogens with zero attached hydrogens (tertiary/aromatic N) is 1. The Kier molecular flexibility index (Phi) is 7.95. The number of guanidine groups is 1. The Balaban J connectivity index is 0.00000242. The predicted octanol–water partition coefficient (Wildman–Crippen LogP) is 4.14. The molecule has 2 rings (SSSR count). The van der Waals surface area contributed by atoms with E-state index in [4.69, 9.17) is 5.73 Å². The van der Waals surface area contributed by atoms with Gasteiger partial charge in [-0.2, -0.15) is 0 Å². The van der Waals surface area contributed by atoms with Crippen LogP contribution in [0.25, 0.3) is 0 Å². The number of benzene rings is 2. The van der Waals surface area contributed by atoms with Gasteiger partial charge >= 0.3 is 0 Å². The summed E-state index contributed by atoms with van der Waals surface area (Å²) in [6, 6.07) is 16.7. The zero-order valence-corrected chi connectivity index (χ0v) is 15.5. The van der Waals surface area contributed by atoms with Crippen molar-refractivity contribution in [2.24, 2.45) is 10.7 Å². The third-order valence-corrected chi connectivity index (χ3v) is 3.40. The summed E-state index contributed by atoms with van der Waals surface area (Å²) in [6.07, 6.45) is 1.94. The van der Waals surface area contributed by atoms with Gasteiger partial charge in [0.05, 0.1) is 0 Å². The van der Waals surface area contributed by atoms with Crippen LogP contribution in [0.15, 0.2) is 53.5 Å². The van der Waals surface area contributed by atoms with E-state index in [2.05, 4.69) is 60.6 Å². The number of anilines is 1. The van der Waals surface area contributed by atoms with Gasteiger partial charge < -0.3 is 11.1 Å². The molecule has 118 valence electrons. The molecule has 0 atom stereocenters. The maximum absolute atomic E-state index is 5.91. The lowest BCUT2D eigenvalue weighted by Crippen LogP contribution is -2.23. The van der Waals surface area contributed by atoms with Crippen molar-refractivity contribution in [2.45, 2.75) is 26.7 Å². The van der Waals surface area contributed by atoms with E-state index in [1.165, 1.54) is 16.7 Å². The Hall–Kier alpha value is -1.56. The molecule has 3 nitrogen and oxygen atoms in total. The van der Waals surface area contributed by atoms with Crippen molar-refractivity contribution in [1.29, 1.82) is 0 Å². The van der Waals surface area contributed by atoms with E-state index in [1.807, 2.05) is 12.1 Å². The molecule has 0 fully saturated rings. The second-order valence-corrected chi connectivity index (χ2v) is 5.18. The fraction of sp³-hybridized carbons (Fsp3) is 0.278. The van der Waals surface area contributed by atoms with Crippen LogP contribution in [0.3, 0.4) is 0 Å². The summed E-state index contributed by atoms with van der Waals surface area (Å²) < 4.78 is 0. The van der Waals surface area contributed by atoms with Crippen LogP contribution in [0.2, 0.25) is 0 Å². The van der Waals surface area contributed by atoms with E-state index in [-0.39, 0.29) is 24.0 Å². The van der Waals surface area contributed by atoms with Crippen LogP contribution in [0.4, 0.5) is 5.69 Å². The predicted molar refractivity (Wildman–Crippen MR) is 106 cm³/mol. The normalized spacial score (nSPS) is 10.9. The molecule has 2 aromatic carbocycles. The van der Waals surface area contributed by atoms with Gasteiger partial charge in [0.2, 0.25) is 0 Å². The van der Waals surface area contributed by atoms with E-state index >= 15 is 0 Å². The molecule has 0 aromatic heterocycles. The van der Waals surface area contributed by atoms with Crippen LogP contribution < -0.4 is 11.1 Å². The highest BCUT2D eigenvalue weighted by molar-refractivity contribution is 14.0. The summed E-state index contributed by atoms with van der Waals surface area (Å²) in [5.41, 5.74) is 10.8. The van der Waals surface area contributed by atoms with Gasteiger partial charge in [0.25, 0.3) is 0 Å². The minimum absolute atomic E-state index is 0. The van der Waals surface area contributed by atoms with Crippen molar-refractivity contribution in [1.82, 2.24) is 0 Å². The largest absolute Gasteiger partial charge is 0.370 e. The summed E-state index contributed by atoms with van der Waals surface area (Å²) >= 11 is 0. The van der Waals surface area contributed by atoms with Gasteiger partial charge in [-0.25, -0.2) is 0 Å². The van der Waals surface area contributed by atoms with E-state index < -0.39 is 0 Å². The van der Waals surface area contributed by atoms with Crippen LogP contribution in [0, 0.1) is 6.92 Å². The molecule has 0 spiro atoms. The Bertz CT molecular complexity index is 606. The highest BCUT2D eigenvalue weighted by atomic mass is 127. The van der Waals surface area contributed by atoms with Crippen molar-refractivity contribution in [3.8, 4) is 0 Å². The smallest absolute Gasteiger partial charge is 0.193 e. The minimum Gasteiger partial charge on any atom is -0.370 e. The van der Waals surface area contributed by atoms with Gasteiger partial charge in [0.15, 0.2) is 5.96 Å². The number of aryl methyl sites for hydroxylation is 2. The number of rotatable bonds is 5. The van der Waals surface area contributed by atoms with Gasteiger partial charge in [-0.3, -0.25) is 4.99 Å². The van der Waals surface area contributed by atoms with Crippen LogP contribution in [-0.4, -0.2) is 12.5 Å². The molecule has 3 N–H and O–H groups in total. The van der Waals surface area contributed by atoms with Crippen LogP contribution in [-0.2, 0) is 12.8 Å². The van der Waals surface area contributed by atoms with Crippen LogP contribution in [0.1, 0.15) is 23.6 Å². The number of halogens is 1. The molecule has 0 saturated heterocycles. The summed E-state index contributed by atoms with van der Waals surface area (Å²) in [5.74, 6) is 0.465. The first-order valence-corrected chi connectivity index (χ1v) is 7.39. The molecular formula is C18H24IN3. The quantitative estimate of drug-likeness (QED) is 0.443. The average Bonchev–Trinajstić information content (AvgIpc) is 2.48. The average molecular weight is 409 g/mol. The molecule has 0 bridgehead atoms. The lowest BCUT2D eigenvalue weighted by atomic mass is 10.1. The molecule has 0 aliphatic rings. The minimum atomic E-state index is 0. The SMILES string of the molecule is CCc1ccc(NC(N)=NCCc2cccc(C)c2)cc1.I. The van der Waals surface area contributed by atoms with Gasteiger partial charge in [-0.15, -0.1) is 24.0 Å². The molecule has 4 heteroatoms. The number of nitrogens with one attached hydrogen (secondary N) is 1. The van der Waals surface area contributed by atoms with E-state index in [0.29, 0.717) is 12.5 Å². The maximum atomic E-state index is 5.91. The van der Waals surface area contributed by atoms with Crippen molar-refractivity contribution in [3.05, 3.63) is 65.2 Å². The zero-order valence-electron chi connectivity index (χ0n) is 13.2. The molecule has 0 heterocycles. The van der Waals surface area contributed by atoms with Crippen molar-refractivity contribution < 1.29 is 0 Å². The first kappa shape index (κ1) is 18.5. The third-order valence-electron chi connectivity index (χ3n) is 3.40. The monoisotopic (exact) mass is 409 g/mol. The first-order valence-electron chi connectivity index (χ1n) is 7.39. The van der Waals surface area contributed by atoms with Crippen molar-refractivity contribution >= 4 is 35.6 Å². The molecule has 2 aromatic rings. The number of aliphatic imine (C=N–C) groups is 1. The van der Waals surface area contributed by atoms with Crippen molar-refractivity contribution in [2.75, 3.05) is 11.9 Å². The zero-order chi connectivity index (χ0) is 15.1. The second-order valence-electron chi connectivity index (χ2n) is 5.18. The lowest BCUT2D eigenvalue weighted by Gasteiger charge is -2.06. The molecule has 0 aliphatic carbocycles. The molecular weight excluding hydrogens is 385 g/mol. The van der Waals surface area contributed by atoms with Gasteiger partial charge in [0.1, 0.15) is 0 Å². The summed E-state index contributed by atoms with van der Waals surface area (Å²) in [5, 5.41) is 3.12. The highest BCUT2D eigenvalue weighted by Gasteiger charge is 1.96. The van der Waals surface area contributed by atoms with Gasteiger partial charge in [-0.05, 0) is 43.0 Å². The molecule has 0 amide bonds. The number of hydrogen-bond donors (Lipinski definition) is 2. The fourth-order valence-electron chi connectivity index (χ4n) is 2.18. The van der Waals surface area contributed by atoms with Crippen LogP contribution in [0.5, 0.6) is 0 Å². The van der Waals surface area contributed by atoms with Crippen molar-refractivity contribution in [3.63, 3.8) is 0 Å². The Morgan fingerprint density at radius 2 is 1.82 bits per heavy atom. The summed E-state index contributed by atoms with van der Waals surface area (Å²) in [6.45, 7) is 4.93. The number of nitrogens with two attached hydrogens (primary N) is 1. The molecule has 0 unspecified atom stereocenters. The van der Waals surface area contributed by atoms with E-state index in [0.717, 1.165) is 18.5 Å². The Labute approximate surface area is 150 Å². The Morgan fingerprint density at radius 3 is 2.45 bits per heavy atom. The topological polar surface area (TPSA) is 50.4 Å². The van der Waals surface area contributed by atoms with Gasteiger partial charge in [0, 0.05) is 12.2 Å². The summed E-state index contributed by atoms with van der Waals surface area (Å²) in [7, 11) is 0. The summed E-state index contributed by atoms with van der Waals surface area (Å²) in [4.78, 5) is 4.37. The molecule has 0 aliphatic heterocycles. The highest BCUT2D eigenvalue weighted by Crippen LogP contribution is 2.09. The fourth-order valence-corrected chi connectivity index (χ4v) is 2.18. The molecule has 0 saturated carbocycles. The van der Waals surface area contributed by atoms with E-state index in [9.17, 15) is 0 Å². The molecule has 0 radical (unpaired) electrons. The second kappa shape index (κ2) is 9.46. The first-order chi connectivity index (χ1) is 10.2. The maximum Gasteiger partial charge on any atom is 0.193 e. The van der Waals surface area contributed by atoms with E-state index in [1.54, 1.807) is 0 Å².